The Morgan fingerprint density at radius 1 is 1.29 bits per heavy atom. The molecule has 1 heterocycles. The van der Waals surface area contributed by atoms with Crippen molar-refractivity contribution in [2.45, 2.75) is 59.1 Å². The van der Waals surface area contributed by atoms with E-state index in [-0.39, 0.29) is 48.4 Å². The molecule has 0 aromatic rings. The number of hydrogen-bond acceptors (Lipinski definition) is 4. The van der Waals surface area contributed by atoms with Crippen LogP contribution in [-0.2, 0) is 14.3 Å². The number of ether oxygens (including phenoxy) is 1. The standard InChI is InChI=1S/C16H30N4O3.HI/c1-6-13(21)20-9-8-12(11-20)19-15(17-7-2)18-10-14(22)23-16(3,4)5;/h12H,6-11H2,1-5H3,(H2,17,18,19);1H. The number of aliphatic imine (C=N–C) groups is 1. The van der Waals surface area contributed by atoms with Gasteiger partial charge in [0.2, 0.25) is 5.91 Å². The normalized spacial score (nSPS) is 18.0. The maximum Gasteiger partial charge on any atom is 0.328 e. The highest BCUT2D eigenvalue weighted by Gasteiger charge is 2.26. The molecule has 0 aromatic carbocycles. The van der Waals surface area contributed by atoms with Gasteiger partial charge in [-0.25, -0.2) is 4.99 Å². The zero-order valence-electron chi connectivity index (χ0n) is 15.3. The van der Waals surface area contributed by atoms with Crippen molar-refractivity contribution in [3.05, 3.63) is 0 Å². The summed E-state index contributed by atoms with van der Waals surface area (Å²) in [6.45, 7) is 11.4. The SMILES string of the molecule is CCNC(=NCC(=O)OC(C)(C)C)NC1CCN(C(=O)CC)C1.I. The highest BCUT2D eigenvalue weighted by atomic mass is 127. The fraction of sp³-hybridized carbons (Fsp3) is 0.812. The molecular weight excluding hydrogens is 423 g/mol. The summed E-state index contributed by atoms with van der Waals surface area (Å²) in [5.74, 6) is 0.392. The van der Waals surface area contributed by atoms with Crippen molar-refractivity contribution in [2.24, 2.45) is 4.99 Å². The summed E-state index contributed by atoms with van der Waals surface area (Å²) in [7, 11) is 0. The molecule has 8 heteroatoms. The van der Waals surface area contributed by atoms with Crippen LogP contribution in [-0.4, -0.2) is 60.6 Å². The van der Waals surface area contributed by atoms with Crippen LogP contribution in [0.2, 0.25) is 0 Å². The molecule has 0 saturated carbocycles. The number of amides is 1. The van der Waals surface area contributed by atoms with Gasteiger partial charge in [0.05, 0.1) is 0 Å². The molecule has 1 fully saturated rings. The van der Waals surface area contributed by atoms with Crippen LogP contribution in [0.1, 0.15) is 47.5 Å². The zero-order chi connectivity index (χ0) is 17.5. The number of nitrogens with zero attached hydrogens (tertiary/aromatic N) is 2. The van der Waals surface area contributed by atoms with Gasteiger partial charge in [-0.05, 0) is 34.1 Å². The summed E-state index contributed by atoms with van der Waals surface area (Å²) >= 11 is 0. The minimum absolute atomic E-state index is 0. The van der Waals surface area contributed by atoms with E-state index in [1.54, 1.807) is 0 Å². The van der Waals surface area contributed by atoms with Gasteiger partial charge in [0.25, 0.3) is 0 Å². The number of carbonyl (C=O) groups excluding carboxylic acids is 2. The third kappa shape index (κ3) is 8.70. The lowest BCUT2D eigenvalue weighted by Crippen LogP contribution is -2.45. The predicted octanol–water partition coefficient (Wildman–Crippen LogP) is 1.51. The Balaban J connectivity index is 0.00000529. The Bertz CT molecular complexity index is 449. The molecule has 1 saturated heterocycles. The topological polar surface area (TPSA) is 83.0 Å². The third-order valence-electron chi connectivity index (χ3n) is 3.31. The van der Waals surface area contributed by atoms with Gasteiger partial charge < -0.3 is 20.3 Å². The van der Waals surface area contributed by atoms with E-state index in [0.29, 0.717) is 25.5 Å². The fourth-order valence-corrected chi connectivity index (χ4v) is 2.36. The molecule has 0 spiro atoms. The molecule has 140 valence electrons. The average molecular weight is 454 g/mol. The Hall–Kier alpha value is -1.06. The number of guanidine groups is 1. The Kier molecular flexibility index (Phi) is 10.3. The summed E-state index contributed by atoms with van der Waals surface area (Å²) in [5.41, 5.74) is -0.509. The van der Waals surface area contributed by atoms with Crippen molar-refractivity contribution in [2.75, 3.05) is 26.2 Å². The highest BCUT2D eigenvalue weighted by molar-refractivity contribution is 14.0. The quantitative estimate of drug-likeness (QED) is 0.285. The number of esters is 1. The van der Waals surface area contributed by atoms with Crippen LogP contribution in [0.15, 0.2) is 4.99 Å². The van der Waals surface area contributed by atoms with Gasteiger partial charge >= 0.3 is 5.97 Å². The van der Waals surface area contributed by atoms with Crippen LogP contribution in [0.25, 0.3) is 0 Å². The van der Waals surface area contributed by atoms with Crippen LogP contribution in [0.4, 0.5) is 0 Å². The van der Waals surface area contributed by atoms with Crippen LogP contribution in [0, 0.1) is 0 Å². The first-order valence-electron chi connectivity index (χ1n) is 8.29. The molecule has 1 aliphatic heterocycles. The van der Waals surface area contributed by atoms with Crippen molar-refractivity contribution in [3.63, 3.8) is 0 Å². The zero-order valence-corrected chi connectivity index (χ0v) is 17.7. The van der Waals surface area contributed by atoms with Gasteiger partial charge in [-0.15, -0.1) is 24.0 Å². The first-order valence-corrected chi connectivity index (χ1v) is 8.29. The minimum Gasteiger partial charge on any atom is -0.459 e. The van der Waals surface area contributed by atoms with Crippen LogP contribution >= 0.6 is 24.0 Å². The van der Waals surface area contributed by atoms with E-state index in [1.165, 1.54) is 0 Å². The van der Waals surface area contributed by atoms with Crippen LogP contribution < -0.4 is 10.6 Å². The summed E-state index contributed by atoms with van der Waals surface area (Å²) in [4.78, 5) is 29.6. The second kappa shape index (κ2) is 10.7. The van der Waals surface area contributed by atoms with Gasteiger partial charge in [0.1, 0.15) is 12.1 Å². The van der Waals surface area contributed by atoms with E-state index in [2.05, 4.69) is 15.6 Å². The molecule has 0 aliphatic carbocycles. The lowest BCUT2D eigenvalue weighted by molar-refractivity contribution is -0.152. The summed E-state index contributed by atoms with van der Waals surface area (Å²) in [6.07, 6.45) is 1.40. The first kappa shape index (κ1) is 22.9. The van der Waals surface area contributed by atoms with Crippen molar-refractivity contribution in [3.8, 4) is 0 Å². The van der Waals surface area contributed by atoms with E-state index in [1.807, 2.05) is 39.5 Å². The first-order chi connectivity index (χ1) is 10.7. The van der Waals surface area contributed by atoms with Gasteiger partial charge in [-0.1, -0.05) is 6.92 Å². The Morgan fingerprint density at radius 2 is 1.96 bits per heavy atom. The van der Waals surface area contributed by atoms with Crippen molar-refractivity contribution >= 4 is 41.8 Å². The lowest BCUT2D eigenvalue weighted by Gasteiger charge is -2.20. The van der Waals surface area contributed by atoms with E-state index < -0.39 is 5.60 Å². The van der Waals surface area contributed by atoms with Gasteiger partial charge in [-0.3, -0.25) is 9.59 Å². The summed E-state index contributed by atoms with van der Waals surface area (Å²) in [5, 5.41) is 6.39. The maximum absolute atomic E-state index is 11.7. The third-order valence-corrected chi connectivity index (χ3v) is 3.31. The number of nitrogens with one attached hydrogen (secondary N) is 2. The molecule has 0 radical (unpaired) electrons. The second-order valence-corrected chi connectivity index (χ2v) is 6.60. The molecule has 0 aromatic heterocycles. The number of hydrogen-bond donors (Lipinski definition) is 2. The number of carbonyl (C=O) groups is 2. The van der Waals surface area contributed by atoms with Gasteiger partial charge in [-0.2, -0.15) is 0 Å². The largest absolute Gasteiger partial charge is 0.459 e. The van der Waals surface area contributed by atoms with E-state index in [4.69, 9.17) is 4.74 Å². The lowest BCUT2D eigenvalue weighted by atomic mass is 10.2. The Labute approximate surface area is 162 Å². The number of likely N-dealkylation sites (tertiary alicyclic amines) is 1. The van der Waals surface area contributed by atoms with E-state index in [9.17, 15) is 9.59 Å². The number of rotatable bonds is 5. The molecule has 1 amide bonds. The minimum atomic E-state index is -0.509. The van der Waals surface area contributed by atoms with Crippen LogP contribution in [0.3, 0.4) is 0 Å². The van der Waals surface area contributed by atoms with Crippen molar-refractivity contribution in [1.29, 1.82) is 0 Å². The molecule has 24 heavy (non-hydrogen) atoms. The maximum atomic E-state index is 11.7. The Morgan fingerprint density at radius 3 is 2.50 bits per heavy atom. The average Bonchev–Trinajstić information content (AvgIpc) is 2.91. The molecule has 1 atom stereocenters. The second-order valence-electron chi connectivity index (χ2n) is 6.60. The van der Waals surface area contributed by atoms with E-state index >= 15 is 0 Å². The van der Waals surface area contributed by atoms with Crippen LogP contribution in [0.5, 0.6) is 0 Å². The van der Waals surface area contributed by atoms with Crippen molar-refractivity contribution in [1.82, 2.24) is 15.5 Å². The summed E-state index contributed by atoms with van der Waals surface area (Å²) in [6, 6.07) is 0.155. The molecule has 1 rings (SSSR count). The van der Waals surface area contributed by atoms with Gasteiger partial charge in [0.15, 0.2) is 5.96 Å². The number of halogens is 1. The smallest absolute Gasteiger partial charge is 0.328 e. The van der Waals surface area contributed by atoms with Gasteiger partial charge in [0, 0.05) is 32.1 Å². The highest BCUT2D eigenvalue weighted by Crippen LogP contribution is 2.10. The van der Waals surface area contributed by atoms with Crippen molar-refractivity contribution < 1.29 is 14.3 Å². The monoisotopic (exact) mass is 454 g/mol. The predicted molar refractivity (Wildman–Crippen MR) is 106 cm³/mol. The molecule has 2 N–H and O–H groups in total. The fourth-order valence-electron chi connectivity index (χ4n) is 2.36. The molecular formula is C16H31IN4O3. The van der Waals surface area contributed by atoms with E-state index in [0.717, 1.165) is 13.0 Å². The molecule has 0 bridgehead atoms. The molecule has 1 unspecified atom stereocenters. The summed E-state index contributed by atoms with van der Waals surface area (Å²) < 4.78 is 5.24. The molecule has 1 aliphatic rings. The molecule has 7 nitrogen and oxygen atoms in total.